The van der Waals surface area contributed by atoms with Gasteiger partial charge in [-0.15, -0.1) is 0 Å². The van der Waals surface area contributed by atoms with E-state index in [2.05, 4.69) is 19.9 Å². The number of carbonyl (C=O) groups excluding carboxylic acids is 1. The van der Waals surface area contributed by atoms with Crippen LogP contribution in [-0.4, -0.2) is 69.9 Å². The van der Waals surface area contributed by atoms with E-state index in [0.29, 0.717) is 56.0 Å². The lowest BCUT2D eigenvalue weighted by Gasteiger charge is -2.45. The first kappa shape index (κ1) is 23.7. The second kappa shape index (κ2) is 9.67. The van der Waals surface area contributed by atoms with Crippen LogP contribution in [0.3, 0.4) is 0 Å². The van der Waals surface area contributed by atoms with Crippen molar-refractivity contribution in [2.75, 3.05) is 37.7 Å². The van der Waals surface area contributed by atoms with E-state index in [1.54, 1.807) is 9.80 Å². The molecule has 10 nitrogen and oxygen atoms in total. The Balaban J connectivity index is 1.18. The third-order valence-electron chi connectivity index (χ3n) is 6.71. The Labute approximate surface area is 215 Å². The molecule has 2 unspecified atom stereocenters. The van der Waals surface area contributed by atoms with E-state index >= 15 is 0 Å². The molecule has 2 bridgehead atoms. The van der Waals surface area contributed by atoms with E-state index in [9.17, 15) is 13.6 Å². The molecule has 2 aromatic heterocycles. The normalized spacial score (nSPS) is 22.5. The molecule has 0 spiro atoms. The van der Waals surface area contributed by atoms with Gasteiger partial charge in [0.05, 0.1) is 41.9 Å². The minimum atomic E-state index is -0.663. The van der Waals surface area contributed by atoms with Crippen molar-refractivity contribution in [1.82, 2.24) is 24.8 Å². The summed E-state index contributed by atoms with van der Waals surface area (Å²) in [5.74, 6) is -0.600. The zero-order chi connectivity index (χ0) is 25.5. The van der Waals surface area contributed by atoms with Crippen molar-refractivity contribution in [3.63, 3.8) is 0 Å². The van der Waals surface area contributed by atoms with Crippen LogP contribution in [0.25, 0.3) is 0 Å². The van der Waals surface area contributed by atoms with Crippen LogP contribution in [0.4, 0.5) is 25.1 Å². The molecule has 0 N–H and O–H groups in total. The van der Waals surface area contributed by atoms with Crippen molar-refractivity contribution in [3.8, 4) is 11.9 Å². The van der Waals surface area contributed by atoms with Crippen LogP contribution in [0.2, 0.25) is 5.02 Å². The molecule has 3 aliphatic rings. The van der Waals surface area contributed by atoms with Gasteiger partial charge in [-0.3, -0.25) is 0 Å². The molecule has 1 amide bonds. The van der Waals surface area contributed by atoms with Gasteiger partial charge in [0.25, 0.3) is 0 Å². The van der Waals surface area contributed by atoms with Crippen molar-refractivity contribution in [3.05, 3.63) is 59.1 Å². The lowest BCUT2D eigenvalue weighted by molar-refractivity contribution is -0.108. The van der Waals surface area contributed by atoms with Gasteiger partial charge in [0.15, 0.2) is 0 Å². The maximum Gasteiger partial charge on any atom is 0.417 e. The number of hydrogen-bond acceptors (Lipinski definition) is 9. The summed E-state index contributed by atoms with van der Waals surface area (Å²) in [5.41, 5.74) is 0.999. The number of carbonyl (C=O) groups is 1. The predicted molar refractivity (Wildman–Crippen MR) is 126 cm³/mol. The van der Waals surface area contributed by atoms with Gasteiger partial charge >= 0.3 is 12.1 Å². The molecule has 2 fully saturated rings. The zero-order valence-electron chi connectivity index (χ0n) is 19.4. The lowest BCUT2D eigenvalue weighted by Crippen LogP contribution is -2.59. The van der Waals surface area contributed by atoms with Crippen LogP contribution in [0.5, 0.6) is 11.9 Å². The van der Waals surface area contributed by atoms with E-state index < -0.39 is 17.7 Å². The summed E-state index contributed by atoms with van der Waals surface area (Å²) in [7, 11) is 0. The number of ether oxygens (including phenoxy) is 3. The van der Waals surface area contributed by atoms with Crippen LogP contribution < -0.4 is 14.4 Å². The van der Waals surface area contributed by atoms with Gasteiger partial charge in [-0.2, -0.15) is 0 Å². The van der Waals surface area contributed by atoms with Gasteiger partial charge in [0.2, 0.25) is 5.88 Å². The molecule has 37 heavy (non-hydrogen) atoms. The molecule has 6 rings (SSSR count). The fourth-order valence-corrected chi connectivity index (χ4v) is 5.17. The Bertz CT molecular complexity index is 1320. The molecule has 0 radical (unpaired) electrons. The van der Waals surface area contributed by atoms with Crippen molar-refractivity contribution in [2.45, 2.75) is 12.5 Å². The lowest BCUT2D eigenvalue weighted by atomic mass is 9.84. The Kier molecular flexibility index (Phi) is 6.21. The second-order valence-corrected chi connectivity index (χ2v) is 9.51. The van der Waals surface area contributed by atoms with Crippen LogP contribution in [0.1, 0.15) is 5.56 Å². The van der Waals surface area contributed by atoms with Gasteiger partial charge in [0.1, 0.15) is 29.9 Å². The number of rotatable bonds is 4. The van der Waals surface area contributed by atoms with Gasteiger partial charge in [0, 0.05) is 37.5 Å². The van der Waals surface area contributed by atoms with E-state index in [1.807, 2.05) is 0 Å². The number of hydrogen-bond donors (Lipinski definition) is 0. The fourth-order valence-electron chi connectivity index (χ4n) is 5.07. The average Bonchev–Trinajstić information content (AvgIpc) is 3.30. The third-order valence-corrected chi connectivity index (χ3v) is 6.90. The summed E-state index contributed by atoms with van der Waals surface area (Å²) in [6, 6.07) is 3.39. The van der Waals surface area contributed by atoms with Gasteiger partial charge in [-0.25, -0.2) is 33.5 Å². The topological polar surface area (TPSA) is 103 Å². The van der Waals surface area contributed by atoms with E-state index in [1.165, 1.54) is 30.9 Å². The van der Waals surface area contributed by atoms with E-state index in [-0.39, 0.29) is 29.6 Å². The number of anilines is 2. The number of aromatic nitrogens is 4. The Morgan fingerprint density at radius 3 is 2.57 bits per heavy atom. The van der Waals surface area contributed by atoms with Crippen molar-refractivity contribution in [2.24, 2.45) is 11.8 Å². The van der Waals surface area contributed by atoms with Crippen molar-refractivity contribution in [1.29, 1.82) is 0 Å². The largest absolute Gasteiger partial charge is 0.473 e. The van der Waals surface area contributed by atoms with Crippen molar-refractivity contribution < 1.29 is 27.8 Å². The average molecular weight is 531 g/mol. The molecule has 192 valence electrons. The molecule has 0 aliphatic carbocycles. The molecule has 3 aromatic rings. The highest BCUT2D eigenvalue weighted by molar-refractivity contribution is 6.30. The number of amides is 1. The second-order valence-electron chi connectivity index (χ2n) is 9.08. The number of piperidine rings is 1. The highest BCUT2D eigenvalue weighted by atomic mass is 35.5. The summed E-state index contributed by atoms with van der Waals surface area (Å²) in [4.78, 5) is 32.6. The summed E-state index contributed by atoms with van der Waals surface area (Å²) in [5, 5.41) is 0.339. The number of benzene rings is 1. The Hall–Kier alpha value is -3.64. The zero-order valence-corrected chi connectivity index (χ0v) is 20.1. The molecule has 13 heteroatoms. The van der Waals surface area contributed by atoms with Crippen LogP contribution in [-0.2, 0) is 11.2 Å². The molecule has 5 heterocycles. The predicted octanol–water partition coefficient (Wildman–Crippen LogP) is 3.42. The molecule has 0 saturated carbocycles. The van der Waals surface area contributed by atoms with Crippen molar-refractivity contribution >= 4 is 29.2 Å². The third kappa shape index (κ3) is 4.62. The summed E-state index contributed by atoms with van der Waals surface area (Å²) in [6.45, 7) is 1.98. The monoisotopic (exact) mass is 530 g/mol. The summed E-state index contributed by atoms with van der Waals surface area (Å²) >= 11 is 5.79. The maximum absolute atomic E-state index is 14.5. The molecular weight excluding hydrogens is 510 g/mol. The standard InChI is InChI=1S/C24H21ClF2N6O4/c25-15-6-28-23(29-7-15)37-24(34)32-8-13-10-35-11-14(9-32)20(13)36-22-17-3-4-33(21(17)30-12-31-22)19-2-1-16(26)5-18(19)27/h1-2,5-7,12-14,20H,3-4,8-11H2. The summed E-state index contributed by atoms with van der Waals surface area (Å²) < 4.78 is 45.3. The SMILES string of the molecule is O=C(Oc1ncc(Cl)cn1)N1CC2COCC(C1)C2Oc1ncnc2c1CCN2c1ccc(F)cc1F. The van der Waals surface area contributed by atoms with Gasteiger partial charge < -0.3 is 24.0 Å². The van der Waals surface area contributed by atoms with Crippen LogP contribution >= 0.6 is 11.6 Å². The number of nitrogens with zero attached hydrogens (tertiary/aromatic N) is 6. The van der Waals surface area contributed by atoms with Crippen LogP contribution in [0.15, 0.2) is 36.9 Å². The van der Waals surface area contributed by atoms with Gasteiger partial charge in [-0.05, 0) is 18.6 Å². The smallest absolute Gasteiger partial charge is 0.417 e. The minimum Gasteiger partial charge on any atom is -0.473 e. The number of likely N-dealkylation sites (tertiary alicyclic amines) is 1. The van der Waals surface area contributed by atoms with Gasteiger partial charge in [-0.1, -0.05) is 11.6 Å². The number of halogens is 3. The van der Waals surface area contributed by atoms with E-state index in [0.717, 1.165) is 11.6 Å². The molecule has 1 aromatic carbocycles. The fraction of sp³-hybridized carbons (Fsp3) is 0.375. The first-order valence-electron chi connectivity index (χ1n) is 11.7. The molecule has 2 atom stereocenters. The first-order valence-corrected chi connectivity index (χ1v) is 12.1. The summed E-state index contributed by atoms with van der Waals surface area (Å²) in [6.07, 6.45) is 3.81. The van der Waals surface area contributed by atoms with Crippen LogP contribution in [0, 0.1) is 23.5 Å². The molecule has 3 aliphatic heterocycles. The Morgan fingerprint density at radius 1 is 1.08 bits per heavy atom. The number of fused-ring (bicyclic) bond motifs is 3. The minimum absolute atomic E-state index is 0.0760. The quantitative estimate of drug-likeness (QED) is 0.502. The highest BCUT2D eigenvalue weighted by Gasteiger charge is 2.45. The Morgan fingerprint density at radius 2 is 1.84 bits per heavy atom. The first-order chi connectivity index (χ1) is 18.0. The molecular formula is C24H21ClF2N6O4. The van der Waals surface area contributed by atoms with E-state index in [4.69, 9.17) is 25.8 Å². The maximum atomic E-state index is 14.5. The molecule has 2 saturated heterocycles. The highest BCUT2D eigenvalue weighted by Crippen LogP contribution is 2.40.